The third-order valence-electron chi connectivity index (χ3n) is 2.33. The van der Waals surface area contributed by atoms with Gasteiger partial charge in [-0.05, 0) is 25.7 Å². The van der Waals surface area contributed by atoms with E-state index in [0.29, 0.717) is 16.2 Å². The van der Waals surface area contributed by atoms with Crippen molar-refractivity contribution in [3.8, 4) is 0 Å². The van der Waals surface area contributed by atoms with Crippen LogP contribution in [-0.2, 0) is 7.05 Å². The van der Waals surface area contributed by atoms with Crippen LogP contribution >= 0.6 is 11.8 Å². The van der Waals surface area contributed by atoms with Gasteiger partial charge in [0.05, 0.1) is 10.6 Å². The first kappa shape index (κ1) is 11.8. The maximum absolute atomic E-state index is 11.4. The van der Waals surface area contributed by atoms with Crippen LogP contribution in [0.3, 0.4) is 0 Å². The van der Waals surface area contributed by atoms with Crippen molar-refractivity contribution in [1.29, 1.82) is 0 Å². The molecule has 0 saturated heterocycles. The molecule has 0 unspecified atom stereocenters. The molecule has 1 aromatic heterocycles. The van der Waals surface area contributed by atoms with Gasteiger partial charge in [-0.2, -0.15) is 0 Å². The minimum absolute atomic E-state index is 0.0973. The molecular weight excluding hydrogens is 214 g/mol. The minimum Gasteiger partial charge on any atom is -0.477 e. The summed E-state index contributed by atoms with van der Waals surface area (Å²) in [7, 11) is 1.66. The van der Waals surface area contributed by atoms with E-state index in [-0.39, 0.29) is 11.5 Å². The predicted molar refractivity (Wildman–Crippen MR) is 58.9 cm³/mol. The van der Waals surface area contributed by atoms with Gasteiger partial charge in [0.15, 0.2) is 5.78 Å². The van der Waals surface area contributed by atoms with E-state index in [9.17, 15) is 9.59 Å². The summed E-state index contributed by atoms with van der Waals surface area (Å²) in [6, 6.07) is 0. The highest BCUT2D eigenvalue weighted by Crippen LogP contribution is 2.28. The van der Waals surface area contributed by atoms with Crippen LogP contribution in [0.1, 0.15) is 33.3 Å². The molecule has 0 radical (unpaired) electrons. The minimum atomic E-state index is -1.00. The van der Waals surface area contributed by atoms with Crippen molar-refractivity contribution in [3.63, 3.8) is 0 Å². The van der Waals surface area contributed by atoms with Crippen LogP contribution in [0.2, 0.25) is 0 Å². The molecule has 1 N–H and O–H groups in total. The highest BCUT2D eigenvalue weighted by Gasteiger charge is 2.24. The van der Waals surface area contributed by atoms with Gasteiger partial charge in [0.25, 0.3) is 0 Å². The molecule has 1 heterocycles. The molecule has 82 valence electrons. The SMILES string of the molecule is CSc1c(C(C)=O)c(C)c(C(=O)O)n1C. The molecule has 0 aliphatic heterocycles. The van der Waals surface area contributed by atoms with Crippen LogP contribution in [0.25, 0.3) is 0 Å². The second kappa shape index (κ2) is 4.10. The zero-order valence-electron chi connectivity index (χ0n) is 9.12. The highest BCUT2D eigenvalue weighted by atomic mass is 32.2. The number of Topliss-reactive ketones (excluding diaryl/α,β-unsaturated/α-hetero) is 1. The molecule has 0 amide bonds. The molecule has 1 rings (SSSR count). The van der Waals surface area contributed by atoms with Crippen molar-refractivity contribution in [2.24, 2.45) is 7.05 Å². The number of carboxylic acid groups (broad SMARTS) is 1. The lowest BCUT2D eigenvalue weighted by Gasteiger charge is -2.02. The lowest BCUT2D eigenvalue weighted by molar-refractivity contribution is 0.0684. The fraction of sp³-hybridized carbons (Fsp3) is 0.400. The molecule has 0 fully saturated rings. The molecular formula is C10H13NO3S. The second-order valence-corrected chi connectivity index (χ2v) is 4.07. The summed E-state index contributed by atoms with van der Waals surface area (Å²) in [5.41, 5.74) is 1.24. The van der Waals surface area contributed by atoms with Gasteiger partial charge in [-0.1, -0.05) is 0 Å². The molecule has 0 atom stereocenters. The summed E-state index contributed by atoms with van der Waals surface area (Å²) in [5, 5.41) is 9.73. The molecule has 0 spiro atoms. The second-order valence-electron chi connectivity index (χ2n) is 3.28. The Morgan fingerprint density at radius 3 is 2.20 bits per heavy atom. The third-order valence-corrected chi connectivity index (χ3v) is 3.20. The molecule has 0 aliphatic carbocycles. The van der Waals surface area contributed by atoms with Crippen LogP contribution < -0.4 is 0 Å². The Bertz CT molecular complexity index is 434. The normalized spacial score (nSPS) is 10.4. The van der Waals surface area contributed by atoms with E-state index in [1.54, 1.807) is 18.5 Å². The van der Waals surface area contributed by atoms with Gasteiger partial charge in [-0.3, -0.25) is 4.79 Å². The summed E-state index contributed by atoms with van der Waals surface area (Å²) < 4.78 is 1.55. The first-order chi connectivity index (χ1) is 6.91. The van der Waals surface area contributed by atoms with E-state index in [2.05, 4.69) is 0 Å². The molecule has 15 heavy (non-hydrogen) atoms. The Morgan fingerprint density at radius 1 is 1.40 bits per heavy atom. The highest BCUT2D eigenvalue weighted by molar-refractivity contribution is 7.98. The van der Waals surface area contributed by atoms with E-state index in [0.717, 1.165) is 0 Å². The molecule has 0 aliphatic rings. The fourth-order valence-electron chi connectivity index (χ4n) is 1.76. The average molecular weight is 227 g/mol. The quantitative estimate of drug-likeness (QED) is 0.633. The van der Waals surface area contributed by atoms with Crippen molar-refractivity contribution < 1.29 is 14.7 Å². The Balaban J connectivity index is 3.59. The van der Waals surface area contributed by atoms with Gasteiger partial charge in [0.1, 0.15) is 5.69 Å². The molecule has 0 bridgehead atoms. The standard InChI is InChI=1S/C10H13NO3S/c1-5-7(6(2)12)9(15-4)11(3)8(5)10(13)14/h1-4H3,(H,13,14). The number of nitrogens with zero attached hydrogens (tertiary/aromatic N) is 1. The zero-order chi connectivity index (χ0) is 11.7. The van der Waals surface area contributed by atoms with Crippen LogP contribution in [0.5, 0.6) is 0 Å². The Labute approximate surface area is 92.3 Å². The van der Waals surface area contributed by atoms with Crippen molar-refractivity contribution in [2.75, 3.05) is 6.26 Å². The number of carbonyl (C=O) groups excluding carboxylic acids is 1. The number of rotatable bonds is 3. The van der Waals surface area contributed by atoms with E-state index in [1.807, 2.05) is 6.26 Å². The first-order valence-electron chi connectivity index (χ1n) is 4.39. The zero-order valence-corrected chi connectivity index (χ0v) is 9.94. The summed E-state index contributed by atoms with van der Waals surface area (Å²) in [6.45, 7) is 3.12. The molecule has 0 aromatic carbocycles. The van der Waals surface area contributed by atoms with E-state index < -0.39 is 5.97 Å². The monoisotopic (exact) mass is 227 g/mol. The van der Waals surface area contributed by atoms with Crippen molar-refractivity contribution in [1.82, 2.24) is 4.57 Å². The summed E-state index contributed by atoms with van der Waals surface area (Å²) in [5.74, 6) is -1.10. The van der Waals surface area contributed by atoms with Gasteiger partial charge in [0, 0.05) is 7.05 Å². The Morgan fingerprint density at radius 2 is 1.93 bits per heavy atom. The van der Waals surface area contributed by atoms with Crippen molar-refractivity contribution in [2.45, 2.75) is 18.9 Å². The molecule has 1 aromatic rings. The summed E-state index contributed by atoms with van der Waals surface area (Å²) in [4.78, 5) is 22.4. The van der Waals surface area contributed by atoms with Crippen molar-refractivity contribution >= 4 is 23.5 Å². The van der Waals surface area contributed by atoms with Crippen molar-refractivity contribution in [3.05, 3.63) is 16.8 Å². The fourth-order valence-corrected chi connectivity index (χ4v) is 2.62. The van der Waals surface area contributed by atoms with Crippen LogP contribution in [0, 0.1) is 6.92 Å². The molecule has 5 heteroatoms. The number of ketones is 1. The largest absolute Gasteiger partial charge is 0.477 e. The van der Waals surface area contributed by atoms with Gasteiger partial charge in [0.2, 0.25) is 0 Å². The van der Waals surface area contributed by atoms with Crippen LogP contribution in [0.4, 0.5) is 0 Å². The maximum atomic E-state index is 11.4. The summed E-state index contributed by atoms with van der Waals surface area (Å²) >= 11 is 1.38. The van der Waals surface area contributed by atoms with Gasteiger partial charge >= 0.3 is 5.97 Å². The number of carboxylic acids is 1. The Hall–Kier alpha value is -1.23. The smallest absolute Gasteiger partial charge is 0.352 e. The lowest BCUT2D eigenvalue weighted by Crippen LogP contribution is -2.06. The van der Waals surface area contributed by atoms with E-state index >= 15 is 0 Å². The summed E-state index contributed by atoms with van der Waals surface area (Å²) in [6.07, 6.45) is 1.83. The molecule has 0 saturated carbocycles. The lowest BCUT2D eigenvalue weighted by atomic mass is 10.1. The number of hydrogen-bond donors (Lipinski definition) is 1. The van der Waals surface area contributed by atoms with Crippen LogP contribution in [-0.4, -0.2) is 27.7 Å². The third kappa shape index (κ3) is 1.79. The topological polar surface area (TPSA) is 59.3 Å². The van der Waals surface area contributed by atoms with Crippen LogP contribution in [0.15, 0.2) is 5.03 Å². The van der Waals surface area contributed by atoms with Gasteiger partial charge in [-0.15, -0.1) is 11.8 Å². The number of carbonyl (C=O) groups is 2. The van der Waals surface area contributed by atoms with Gasteiger partial charge < -0.3 is 9.67 Å². The number of aromatic nitrogens is 1. The van der Waals surface area contributed by atoms with Gasteiger partial charge in [-0.25, -0.2) is 4.79 Å². The Kier molecular flexibility index (Phi) is 3.24. The first-order valence-corrected chi connectivity index (χ1v) is 5.61. The maximum Gasteiger partial charge on any atom is 0.352 e. The number of hydrogen-bond acceptors (Lipinski definition) is 3. The number of thioether (sulfide) groups is 1. The average Bonchev–Trinajstić information content (AvgIpc) is 2.36. The van der Waals surface area contributed by atoms with E-state index in [1.165, 1.54) is 18.7 Å². The number of aromatic carboxylic acids is 1. The predicted octanol–water partition coefficient (Wildman–Crippen LogP) is 1.96. The van der Waals surface area contributed by atoms with E-state index in [4.69, 9.17) is 5.11 Å². The molecule has 4 nitrogen and oxygen atoms in total.